The lowest BCUT2D eigenvalue weighted by Gasteiger charge is -2.33. The first kappa shape index (κ1) is 26.1. The Labute approximate surface area is 227 Å². The van der Waals surface area contributed by atoms with Crippen molar-refractivity contribution in [3.63, 3.8) is 0 Å². The molecule has 0 saturated carbocycles. The van der Waals surface area contributed by atoms with Crippen molar-refractivity contribution >= 4 is 17.2 Å². The number of anilines is 1. The van der Waals surface area contributed by atoms with E-state index < -0.39 is 5.97 Å². The molecular formula is C32H30FNO5. The van der Waals surface area contributed by atoms with E-state index in [1.807, 2.05) is 19.1 Å². The highest BCUT2D eigenvalue weighted by Gasteiger charge is 2.27. The van der Waals surface area contributed by atoms with E-state index in [1.165, 1.54) is 24.7 Å². The highest BCUT2D eigenvalue weighted by molar-refractivity contribution is 5.91. The van der Waals surface area contributed by atoms with E-state index in [9.17, 15) is 9.18 Å². The minimum Gasteiger partial charge on any atom is -0.496 e. The van der Waals surface area contributed by atoms with Gasteiger partial charge >= 0.3 is 5.97 Å². The monoisotopic (exact) mass is 527 g/mol. The lowest BCUT2D eigenvalue weighted by molar-refractivity contribution is 0.0734. The predicted octanol–water partition coefficient (Wildman–Crippen LogP) is 7.81. The molecule has 0 bridgehead atoms. The Morgan fingerprint density at radius 3 is 2.56 bits per heavy atom. The van der Waals surface area contributed by atoms with Gasteiger partial charge in [0.1, 0.15) is 35.9 Å². The standard InChI is InChI=1S/C32H30FNO5/c1-19-6-7-22(33)14-29(19)38-18-26-24(9-10-27-30(26)20(2)16-32(3,4)34-27)25-15-23(8-11-28(25)36-5)39-31(35)21-12-13-37-17-21/h6-17,34H,18H2,1-5H3. The second kappa shape index (κ2) is 10.3. The minimum atomic E-state index is -0.527. The smallest absolute Gasteiger partial charge is 0.346 e. The number of rotatable bonds is 7. The third-order valence-electron chi connectivity index (χ3n) is 6.69. The Hall–Kier alpha value is -4.52. The summed E-state index contributed by atoms with van der Waals surface area (Å²) in [4.78, 5) is 12.6. The number of benzene rings is 3. The SMILES string of the molecule is COc1ccc(OC(=O)c2ccoc2)cc1-c1ccc2c(c1COc1cc(F)ccc1C)C(C)=CC(C)(C)N2. The summed E-state index contributed by atoms with van der Waals surface area (Å²) in [6.45, 7) is 8.36. The third kappa shape index (κ3) is 5.39. The molecule has 7 heteroatoms. The maximum Gasteiger partial charge on any atom is 0.346 e. The van der Waals surface area contributed by atoms with Crippen LogP contribution in [-0.2, 0) is 6.61 Å². The highest BCUT2D eigenvalue weighted by Crippen LogP contribution is 2.43. The van der Waals surface area contributed by atoms with Crippen molar-refractivity contribution in [1.82, 2.24) is 0 Å². The van der Waals surface area contributed by atoms with Gasteiger partial charge in [-0.1, -0.05) is 18.2 Å². The summed E-state index contributed by atoms with van der Waals surface area (Å²) in [5, 5.41) is 3.58. The van der Waals surface area contributed by atoms with Crippen LogP contribution in [0.4, 0.5) is 10.1 Å². The molecule has 0 unspecified atom stereocenters. The topological polar surface area (TPSA) is 69.9 Å². The summed E-state index contributed by atoms with van der Waals surface area (Å²) >= 11 is 0. The maximum absolute atomic E-state index is 14.0. The van der Waals surface area contributed by atoms with Gasteiger partial charge in [0.15, 0.2) is 0 Å². The summed E-state index contributed by atoms with van der Waals surface area (Å²) in [5.41, 5.74) is 6.45. The molecule has 0 atom stereocenters. The molecular weight excluding hydrogens is 497 g/mol. The van der Waals surface area contributed by atoms with Crippen LogP contribution in [0.15, 0.2) is 77.6 Å². The van der Waals surface area contributed by atoms with Crippen LogP contribution in [0.5, 0.6) is 17.2 Å². The van der Waals surface area contributed by atoms with Gasteiger partial charge in [0, 0.05) is 28.4 Å². The summed E-state index contributed by atoms with van der Waals surface area (Å²) < 4.78 is 36.6. The van der Waals surface area contributed by atoms with E-state index in [0.29, 0.717) is 22.8 Å². The van der Waals surface area contributed by atoms with Gasteiger partial charge in [0.05, 0.1) is 24.5 Å². The number of esters is 1. The summed E-state index contributed by atoms with van der Waals surface area (Å²) in [6.07, 6.45) is 4.93. The maximum atomic E-state index is 14.0. The van der Waals surface area contributed by atoms with Crippen LogP contribution in [0, 0.1) is 12.7 Å². The summed E-state index contributed by atoms with van der Waals surface area (Å²) in [7, 11) is 1.59. The lowest BCUT2D eigenvalue weighted by Crippen LogP contribution is -2.32. The number of hydrogen-bond donors (Lipinski definition) is 1. The minimum absolute atomic E-state index is 0.179. The van der Waals surface area contributed by atoms with Gasteiger partial charge < -0.3 is 23.9 Å². The molecule has 5 rings (SSSR count). The molecule has 200 valence electrons. The molecule has 39 heavy (non-hydrogen) atoms. The first-order valence-corrected chi connectivity index (χ1v) is 12.6. The Kier molecular flexibility index (Phi) is 6.91. The molecule has 0 radical (unpaired) electrons. The van der Waals surface area contributed by atoms with Gasteiger partial charge in [-0.15, -0.1) is 0 Å². The number of allylic oxidation sites excluding steroid dienone is 1. The second-order valence-electron chi connectivity index (χ2n) is 10.2. The molecule has 0 saturated heterocycles. The quantitative estimate of drug-likeness (QED) is 0.195. The Balaban J connectivity index is 1.62. The van der Waals surface area contributed by atoms with E-state index in [0.717, 1.165) is 39.1 Å². The fraction of sp³-hybridized carbons (Fsp3) is 0.219. The van der Waals surface area contributed by atoms with Gasteiger partial charge in [-0.05, 0) is 80.8 Å². The van der Waals surface area contributed by atoms with Crippen molar-refractivity contribution in [2.45, 2.75) is 39.8 Å². The number of hydrogen-bond acceptors (Lipinski definition) is 6. The van der Waals surface area contributed by atoms with E-state index in [4.69, 9.17) is 18.6 Å². The normalized spacial score (nSPS) is 13.6. The van der Waals surface area contributed by atoms with Crippen molar-refractivity contribution < 1.29 is 27.8 Å². The first-order valence-electron chi connectivity index (χ1n) is 12.6. The number of methoxy groups -OCH3 is 1. The molecule has 0 fully saturated rings. The summed E-state index contributed by atoms with van der Waals surface area (Å²) in [6, 6.07) is 15.3. The Morgan fingerprint density at radius 1 is 1.00 bits per heavy atom. The van der Waals surface area contributed by atoms with E-state index >= 15 is 0 Å². The fourth-order valence-electron chi connectivity index (χ4n) is 4.99. The van der Waals surface area contributed by atoms with Crippen LogP contribution < -0.4 is 19.5 Å². The molecule has 1 aliphatic rings. The van der Waals surface area contributed by atoms with Crippen LogP contribution in [0.25, 0.3) is 16.7 Å². The van der Waals surface area contributed by atoms with Gasteiger partial charge in [-0.25, -0.2) is 9.18 Å². The number of carbonyl (C=O) groups is 1. The highest BCUT2D eigenvalue weighted by atomic mass is 19.1. The van der Waals surface area contributed by atoms with E-state index in [1.54, 1.807) is 37.4 Å². The number of ether oxygens (including phenoxy) is 3. The Morgan fingerprint density at radius 2 is 1.82 bits per heavy atom. The van der Waals surface area contributed by atoms with Gasteiger partial charge in [-0.2, -0.15) is 0 Å². The van der Waals surface area contributed by atoms with Gasteiger partial charge in [0.2, 0.25) is 0 Å². The zero-order chi connectivity index (χ0) is 27.7. The number of furan rings is 1. The number of carbonyl (C=O) groups excluding carboxylic acids is 1. The molecule has 6 nitrogen and oxygen atoms in total. The zero-order valence-corrected chi connectivity index (χ0v) is 22.6. The first-order chi connectivity index (χ1) is 18.6. The van der Waals surface area contributed by atoms with E-state index in [-0.39, 0.29) is 18.0 Å². The molecule has 2 heterocycles. The van der Waals surface area contributed by atoms with Crippen LogP contribution >= 0.6 is 0 Å². The van der Waals surface area contributed by atoms with Crippen LogP contribution in [0.3, 0.4) is 0 Å². The molecule has 1 aliphatic heterocycles. The molecule has 1 aromatic heterocycles. The van der Waals surface area contributed by atoms with Crippen molar-refractivity contribution in [2.24, 2.45) is 0 Å². The van der Waals surface area contributed by atoms with Crippen LogP contribution in [0.2, 0.25) is 0 Å². The van der Waals surface area contributed by atoms with E-state index in [2.05, 4.69) is 32.2 Å². The van der Waals surface area contributed by atoms with Crippen molar-refractivity contribution in [3.8, 4) is 28.4 Å². The summed E-state index contributed by atoms with van der Waals surface area (Å²) in [5.74, 6) is 0.542. The molecule has 0 spiro atoms. The van der Waals surface area contributed by atoms with Crippen molar-refractivity contribution in [2.75, 3.05) is 12.4 Å². The van der Waals surface area contributed by atoms with Crippen LogP contribution in [0.1, 0.15) is 47.8 Å². The molecule has 0 amide bonds. The average molecular weight is 528 g/mol. The molecule has 4 aromatic rings. The lowest BCUT2D eigenvalue weighted by atomic mass is 9.85. The zero-order valence-electron chi connectivity index (χ0n) is 22.6. The van der Waals surface area contributed by atoms with Crippen molar-refractivity contribution in [1.29, 1.82) is 0 Å². The second-order valence-corrected chi connectivity index (χ2v) is 10.2. The van der Waals surface area contributed by atoms with Crippen LogP contribution in [-0.4, -0.2) is 18.6 Å². The van der Waals surface area contributed by atoms with Crippen molar-refractivity contribution in [3.05, 3.63) is 101 Å². The number of halogens is 1. The number of fused-ring (bicyclic) bond motifs is 1. The largest absolute Gasteiger partial charge is 0.496 e. The number of nitrogens with one attached hydrogen (secondary N) is 1. The number of aryl methyl sites for hydroxylation is 1. The third-order valence-corrected chi connectivity index (χ3v) is 6.69. The molecule has 1 N–H and O–H groups in total. The Bertz CT molecular complexity index is 1570. The molecule has 0 aliphatic carbocycles. The average Bonchev–Trinajstić information content (AvgIpc) is 3.43. The van der Waals surface area contributed by atoms with Gasteiger partial charge in [0.25, 0.3) is 0 Å². The van der Waals surface area contributed by atoms with Gasteiger partial charge in [-0.3, -0.25) is 0 Å². The predicted molar refractivity (Wildman–Crippen MR) is 149 cm³/mol. The molecule has 3 aromatic carbocycles. The fourth-order valence-corrected chi connectivity index (χ4v) is 4.99.